The second-order valence-electron chi connectivity index (χ2n) is 2.91. The Morgan fingerprint density at radius 2 is 1.80 bits per heavy atom. The third-order valence-electron chi connectivity index (χ3n) is 1.92. The number of rotatable bonds is 1. The average molecular weight is 314 g/mol. The molecule has 0 amide bonds. The number of para-hydroxylation sites is 1. The van der Waals surface area contributed by atoms with E-state index in [-0.39, 0.29) is 0 Å². The van der Waals surface area contributed by atoms with Crippen molar-refractivity contribution >= 4 is 9.53 Å². The second-order valence-corrected chi connectivity index (χ2v) is 2.91. The van der Waals surface area contributed by atoms with Crippen LogP contribution < -0.4 is 0 Å². The summed E-state index contributed by atoms with van der Waals surface area (Å²) < 4.78 is 0. The molecule has 0 aliphatic rings. The number of hydrogen-bond donors (Lipinski definition) is 0. The van der Waals surface area contributed by atoms with Gasteiger partial charge in [0.2, 0.25) is 0 Å². The van der Waals surface area contributed by atoms with E-state index in [1.165, 1.54) is 0 Å². The molecule has 1 aromatic carbocycles. The van der Waals surface area contributed by atoms with Crippen LogP contribution in [0.3, 0.4) is 0 Å². The molecule has 0 bridgehead atoms. The molecule has 0 N–H and O–H groups in total. The minimum absolute atomic E-state index is 0.874. The average Bonchev–Trinajstić information content (AvgIpc) is 2.63. The number of halogens is 1. The fourth-order valence-corrected chi connectivity index (χ4v) is 1.07. The Balaban J connectivity index is 0.000000531. The number of benzene rings is 1. The van der Waals surface area contributed by atoms with Crippen molar-refractivity contribution in [3.05, 3.63) is 41.7 Å². The molecule has 0 aliphatic carbocycles. The molecule has 2 aromatic rings. The normalized spacial score (nSPS) is 9.40. The van der Waals surface area contributed by atoms with Gasteiger partial charge in [-0.3, -0.25) is 0 Å². The van der Waals surface area contributed by atoms with Gasteiger partial charge < -0.3 is 0 Å². The topological polar surface area (TPSA) is 30.7 Å². The van der Waals surface area contributed by atoms with E-state index >= 15 is 0 Å². The molecular weight excluding hydrogens is 304 g/mol. The standard InChI is InChI=1S/C10H10N3.ClH.Pd/c1-8-9(2)12-13(11-8)10-6-4-3-5-7-10;;/h3-6H,1-2H3;1H;/q-1;;+2/p-1. The minimum atomic E-state index is 0.874. The van der Waals surface area contributed by atoms with Gasteiger partial charge in [-0.15, -0.1) is 6.07 Å². The summed E-state index contributed by atoms with van der Waals surface area (Å²) in [4.78, 5) is 1.60. The van der Waals surface area contributed by atoms with E-state index in [1.54, 1.807) is 4.80 Å². The van der Waals surface area contributed by atoms with Crippen LogP contribution in [0.25, 0.3) is 5.69 Å². The van der Waals surface area contributed by atoms with Crippen LogP contribution in [0.5, 0.6) is 0 Å². The van der Waals surface area contributed by atoms with Crippen molar-refractivity contribution in [1.82, 2.24) is 15.0 Å². The van der Waals surface area contributed by atoms with E-state index in [0.29, 0.717) is 0 Å². The van der Waals surface area contributed by atoms with Gasteiger partial charge >= 0.3 is 27.7 Å². The zero-order valence-electron chi connectivity index (χ0n) is 8.35. The zero-order valence-corrected chi connectivity index (χ0v) is 10.7. The number of aromatic nitrogens is 3. The Kier molecular flexibility index (Phi) is 4.97. The molecule has 82 valence electrons. The van der Waals surface area contributed by atoms with Gasteiger partial charge in [0.15, 0.2) is 0 Å². The van der Waals surface area contributed by atoms with Crippen LogP contribution in [-0.4, -0.2) is 15.0 Å². The fraction of sp³-hybridized carbons (Fsp3) is 0.200. The first-order valence-corrected chi connectivity index (χ1v) is 6.27. The molecule has 0 saturated carbocycles. The van der Waals surface area contributed by atoms with E-state index < -0.39 is 0 Å². The Morgan fingerprint density at radius 1 is 1.20 bits per heavy atom. The van der Waals surface area contributed by atoms with Crippen molar-refractivity contribution < 1.29 is 18.2 Å². The van der Waals surface area contributed by atoms with Crippen LogP contribution >= 0.6 is 9.53 Å². The number of aryl methyl sites for hydroxylation is 2. The molecule has 2 rings (SSSR count). The summed E-state index contributed by atoms with van der Waals surface area (Å²) in [6.45, 7) is 3.89. The van der Waals surface area contributed by atoms with Gasteiger partial charge in [0.1, 0.15) is 0 Å². The molecule has 15 heavy (non-hydrogen) atoms. The molecular formula is C10H10ClN3Pd. The van der Waals surface area contributed by atoms with E-state index in [0.717, 1.165) is 17.1 Å². The van der Waals surface area contributed by atoms with Crippen molar-refractivity contribution in [3.8, 4) is 5.69 Å². The van der Waals surface area contributed by atoms with Crippen LogP contribution in [0.4, 0.5) is 0 Å². The quantitative estimate of drug-likeness (QED) is 0.598. The number of hydrogen-bond acceptors (Lipinski definition) is 2. The summed E-state index contributed by atoms with van der Waals surface area (Å²) in [5, 5.41) is 8.51. The van der Waals surface area contributed by atoms with Crippen LogP contribution in [0.2, 0.25) is 0 Å². The van der Waals surface area contributed by atoms with E-state index in [9.17, 15) is 0 Å². The zero-order chi connectivity index (χ0) is 11.3. The Labute approximate surface area is 104 Å². The van der Waals surface area contributed by atoms with Gasteiger partial charge in [0.25, 0.3) is 0 Å². The summed E-state index contributed by atoms with van der Waals surface area (Å²) >= 11 is 2.22. The summed E-state index contributed by atoms with van der Waals surface area (Å²) in [5.74, 6) is 0. The van der Waals surface area contributed by atoms with Crippen molar-refractivity contribution in [2.24, 2.45) is 0 Å². The molecule has 5 heteroatoms. The molecule has 0 spiro atoms. The van der Waals surface area contributed by atoms with Gasteiger partial charge in [-0.25, -0.2) is 0 Å². The predicted octanol–water partition coefficient (Wildman–Crippen LogP) is 2.37. The van der Waals surface area contributed by atoms with Crippen LogP contribution in [0, 0.1) is 19.9 Å². The second kappa shape index (κ2) is 6.02. The molecule has 0 radical (unpaired) electrons. The van der Waals surface area contributed by atoms with Gasteiger partial charge in [0, 0.05) is 0 Å². The fourth-order valence-electron chi connectivity index (χ4n) is 1.07. The van der Waals surface area contributed by atoms with Gasteiger partial charge in [-0.2, -0.15) is 39.3 Å². The van der Waals surface area contributed by atoms with Crippen molar-refractivity contribution in [2.75, 3.05) is 0 Å². The first-order valence-electron chi connectivity index (χ1n) is 4.27. The Morgan fingerprint density at radius 3 is 2.27 bits per heavy atom. The maximum absolute atomic E-state index is 4.49. The molecule has 1 heterocycles. The van der Waals surface area contributed by atoms with Crippen LogP contribution in [-0.2, 0) is 18.2 Å². The summed E-state index contributed by atoms with van der Waals surface area (Å²) in [7, 11) is 4.49. The Bertz CT molecular complexity index is 394. The molecule has 3 nitrogen and oxygen atoms in total. The number of nitrogens with zero attached hydrogens (tertiary/aromatic N) is 3. The molecule has 0 aliphatic heterocycles. The first kappa shape index (κ1) is 12.4. The Hall–Kier alpha value is -0.688. The van der Waals surface area contributed by atoms with Crippen LogP contribution in [0.15, 0.2) is 24.3 Å². The molecule has 1 aromatic heterocycles. The monoisotopic (exact) mass is 313 g/mol. The van der Waals surface area contributed by atoms with Gasteiger partial charge in [-0.1, -0.05) is 0 Å². The molecule has 0 unspecified atom stereocenters. The molecule has 0 saturated heterocycles. The predicted molar refractivity (Wildman–Crippen MR) is 55.5 cm³/mol. The SMILES string of the molecule is Cc1nn(-c2[c-]cccc2)nc1C.[Cl][Pd+]. The maximum atomic E-state index is 4.49. The molecule has 0 fully saturated rings. The summed E-state index contributed by atoms with van der Waals surface area (Å²) in [5.41, 5.74) is 2.79. The summed E-state index contributed by atoms with van der Waals surface area (Å²) in [6.07, 6.45) is 0. The van der Waals surface area contributed by atoms with E-state index in [1.807, 2.05) is 38.1 Å². The third kappa shape index (κ3) is 3.13. The van der Waals surface area contributed by atoms with E-state index in [2.05, 4.69) is 44.0 Å². The van der Waals surface area contributed by atoms with Gasteiger partial charge in [0.05, 0.1) is 11.4 Å². The third-order valence-corrected chi connectivity index (χ3v) is 1.92. The van der Waals surface area contributed by atoms with Crippen LogP contribution in [0.1, 0.15) is 11.4 Å². The van der Waals surface area contributed by atoms with Crippen molar-refractivity contribution in [1.29, 1.82) is 0 Å². The molecule has 0 atom stereocenters. The summed E-state index contributed by atoms with van der Waals surface area (Å²) in [6, 6.07) is 10.7. The van der Waals surface area contributed by atoms with Gasteiger partial charge in [-0.05, 0) is 19.5 Å². The van der Waals surface area contributed by atoms with Crippen molar-refractivity contribution in [3.63, 3.8) is 0 Å². The van der Waals surface area contributed by atoms with E-state index in [4.69, 9.17) is 0 Å². The van der Waals surface area contributed by atoms with Crippen molar-refractivity contribution in [2.45, 2.75) is 13.8 Å². The first-order chi connectivity index (χ1) is 7.27.